The molecule has 2 heterocycles. The molecule has 0 atom stereocenters. The van der Waals surface area contributed by atoms with Crippen molar-refractivity contribution < 1.29 is 14.3 Å². The van der Waals surface area contributed by atoms with Crippen LogP contribution in [0.4, 0.5) is 0 Å². The van der Waals surface area contributed by atoms with E-state index in [1.54, 1.807) is 20.2 Å². The summed E-state index contributed by atoms with van der Waals surface area (Å²) in [6.45, 7) is 2.07. The van der Waals surface area contributed by atoms with Crippen molar-refractivity contribution in [3.8, 4) is 16.9 Å². The first kappa shape index (κ1) is 15.0. The molecule has 3 aromatic rings. The zero-order chi connectivity index (χ0) is 16.2. The van der Waals surface area contributed by atoms with E-state index in [-0.39, 0.29) is 0 Å². The first-order valence-electron chi connectivity index (χ1n) is 7.30. The molecule has 0 fully saturated rings. The van der Waals surface area contributed by atoms with Gasteiger partial charge < -0.3 is 9.47 Å². The number of carbonyl (C=O) groups is 1. The minimum absolute atomic E-state index is 0.296. The van der Waals surface area contributed by atoms with Gasteiger partial charge in [0.2, 0.25) is 0 Å². The number of aromatic nitrogens is 2. The number of benzene rings is 1. The Balaban J connectivity index is 2.35. The van der Waals surface area contributed by atoms with Crippen LogP contribution in [0, 0.1) is 0 Å². The number of ether oxygens (including phenoxy) is 2. The number of esters is 1. The lowest BCUT2D eigenvalue weighted by molar-refractivity contribution is 0.0527. The van der Waals surface area contributed by atoms with Gasteiger partial charge in [-0.05, 0) is 25.1 Å². The van der Waals surface area contributed by atoms with Gasteiger partial charge in [-0.15, -0.1) is 0 Å². The molecule has 5 heteroatoms. The number of carbonyl (C=O) groups excluding carboxylic acids is 1. The molecule has 0 radical (unpaired) electrons. The largest absolute Gasteiger partial charge is 0.496 e. The summed E-state index contributed by atoms with van der Waals surface area (Å²) in [7, 11) is 1.60. The van der Waals surface area contributed by atoms with E-state index in [1.807, 2.05) is 36.4 Å². The van der Waals surface area contributed by atoms with Gasteiger partial charge in [-0.25, -0.2) is 4.79 Å². The monoisotopic (exact) mass is 308 g/mol. The van der Waals surface area contributed by atoms with Gasteiger partial charge in [0.25, 0.3) is 0 Å². The van der Waals surface area contributed by atoms with Crippen LogP contribution >= 0.6 is 0 Å². The molecular formula is C18H16N2O3. The Labute approximate surface area is 133 Å². The van der Waals surface area contributed by atoms with Gasteiger partial charge >= 0.3 is 5.97 Å². The Kier molecular flexibility index (Phi) is 4.19. The van der Waals surface area contributed by atoms with E-state index in [0.717, 1.165) is 5.56 Å². The summed E-state index contributed by atoms with van der Waals surface area (Å²) >= 11 is 0. The van der Waals surface area contributed by atoms with Crippen molar-refractivity contribution in [1.29, 1.82) is 0 Å². The fourth-order valence-corrected chi connectivity index (χ4v) is 2.51. The minimum atomic E-state index is -0.423. The van der Waals surface area contributed by atoms with E-state index in [9.17, 15) is 4.79 Å². The second-order valence-electron chi connectivity index (χ2n) is 4.84. The standard InChI is InChI=1S/C18H16N2O3/c1-3-23-18(21)13-11-20-14-8-6-10-19-17(14)16(13)12-7-4-5-9-15(12)22-2/h4-11H,3H2,1-2H3. The van der Waals surface area contributed by atoms with Gasteiger partial charge in [-0.3, -0.25) is 9.97 Å². The van der Waals surface area contributed by atoms with Crippen LogP contribution in [0.15, 0.2) is 48.8 Å². The maximum absolute atomic E-state index is 12.4. The van der Waals surface area contributed by atoms with Crippen LogP contribution < -0.4 is 4.74 Å². The zero-order valence-corrected chi connectivity index (χ0v) is 12.9. The molecule has 3 rings (SSSR count). The molecule has 0 unspecified atom stereocenters. The molecule has 0 aliphatic heterocycles. The quantitative estimate of drug-likeness (QED) is 0.690. The molecule has 0 saturated carbocycles. The van der Waals surface area contributed by atoms with Gasteiger partial charge in [0.15, 0.2) is 0 Å². The summed E-state index contributed by atoms with van der Waals surface area (Å²) < 4.78 is 10.6. The van der Waals surface area contributed by atoms with Crippen molar-refractivity contribution in [3.05, 3.63) is 54.4 Å². The number of hydrogen-bond donors (Lipinski definition) is 0. The number of nitrogens with zero attached hydrogens (tertiary/aromatic N) is 2. The summed E-state index contributed by atoms with van der Waals surface area (Å²) in [5, 5.41) is 0. The third kappa shape index (κ3) is 2.73. The van der Waals surface area contributed by atoms with Crippen molar-refractivity contribution in [2.75, 3.05) is 13.7 Å². The lowest BCUT2D eigenvalue weighted by atomic mass is 9.98. The maximum atomic E-state index is 12.4. The van der Waals surface area contributed by atoms with Gasteiger partial charge in [-0.1, -0.05) is 18.2 Å². The average molecular weight is 308 g/mol. The Morgan fingerprint density at radius 2 is 1.96 bits per heavy atom. The predicted molar refractivity (Wildman–Crippen MR) is 87.5 cm³/mol. The van der Waals surface area contributed by atoms with Crippen molar-refractivity contribution >= 4 is 17.0 Å². The lowest BCUT2D eigenvalue weighted by Crippen LogP contribution is -2.08. The van der Waals surface area contributed by atoms with E-state index < -0.39 is 5.97 Å². The van der Waals surface area contributed by atoms with Crippen molar-refractivity contribution in [2.24, 2.45) is 0 Å². The van der Waals surface area contributed by atoms with Gasteiger partial charge in [0, 0.05) is 23.5 Å². The molecule has 23 heavy (non-hydrogen) atoms. The lowest BCUT2D eigenvalue weighted by Gasteiger charge is -2.14. The van der Waals surface area contributed by atoms with Crippen LogP contribution in [0.25, 0.3) is 22.2 Å². The summed E-state index contributed by atoms with van der Waals surface area (Å²) in [5.74, 6) is 0.240. The summed E-state index contributed by atoms with van der Waals surface area (Å²) in [5.41, 5.74) is 3.18. The number of methoxy groups -OCH3 is 1. The Bertz CT molecular complexity index is 862. The number of fused-ring (bicyclic) bond motifs is 1. The molecule has 5 nitrogen and oxygen atoms in total. The zero-order valence-electron chi connectivity index (χ0n) is 12.9. The van der Waals surface area contributed by atoms with E-state index in [2.05, 4.69) is 9.97 Å². The molecule has 116 valence electrons. The van der Waals surface area contributed by atoms with Gasteiger partial charge in [0.05, 0.1) is 30.3 Å². The Morgan fingerprint density at radius 3 is 2.74 bits per heavy atom. The van der Waals surface area contributed by atoms with Crippen LogP contribution in [0.5, 0.6) is 5.75 Å². The maximum Gasteiger partial charge on any atom is 0.340 e. The summed E-state index contributed by atoms with van der Waals surface area (Å²) in [6.07, 6.45) is 3.21. The third-order valence-corrected chi connectivity index (χ3v) is 3.50. The third-order valence-electron chi connectivity index (χ3n) is 3.50. The molecular weight excluding hydrogens is 292 g/mol. The van der Waals surface area contributed by atoms with E-state index in [0.29, 0.717) is 34.5 Å². The molecule has 0 amide bonds. The highest BCUT2D eigenvalue weighted by atomic mass is 16.5. The van der Waals surface area contributed by atoms with E-state index in [1.165, 1.54) is 6.20 Å². The summed E-state index contributed by atoms with van der Waals surface area (Å²) in [6, 6.07) is 11.2. The predicted octanol–water partition coefficient (Wildman–Crippen LogP) is 3.48. The molecule has 0 spiro atoms. The highest BCUT2D eigenvalue weighted by molar-refractivity contribution is 6.06. The van der Waals surface area contributed by atoms with Crippen molar-refractivity contribution in [2.45, 2.75) is 6.92 Å². The van der Waals surface area contributed by atoms with Gasteiger partial charge in [0.1, 0.15) is 5.75 Å². The van der Waals surface area contributed by atoms with E-state index in [4.69, 9.17) is 9.47 Å². The number of para-hydroxylation sites is 1. The van der Waals surface area contributed by atoms with Crippen molar-refractivity contribution in [3.63, 3.8) is 0 Å². The minimum Gasteiger partial charge on any atom is -0.496 e. The van der Waals surface area contributed by atoms with Crippen LogP contribution in [0.2, 0.25) is 0 Å². The second kappa shape index (κ2) is 6.44. The topological polar surface area (TPSA) is 61.3 Å². The highest BCUT2D eigenvalue weighted by Crippen LogP contribution is 2.36. The summed E-state index contributed by atoms with van der Waals surface area (Å²) in [4.78, 5) is 21.1. The molecule has 1 aromatic carbocycles. The SMILES string of the molecule is CCOC(=O)c1cnc2cccnc2c1-c1ccccc1OC. The Morgan fingerprint density at radius 1 is 1.13 bits per heavy atom. The number of rotatable bonds is 4. The smallest absolute Gasteiger partial charge is 0.340 e. The van der Waals surface area contributed by atoms with Crippen LogP contribution in [-0.2, 0) is 4.74 Å². The molecule has 0 bridgehead atoms. The molecule has 0 aliphatic carbocycles. The van der Waals surface area contributed by atoms with Crippen molar-refractivity contribution in [1.82, 2.24) is 9.97 Å². The highest BCUT2D eigenvalue weighted by Gasteiger charge is 2.21. The number of pyridine rings is 2. The van der Waals surface area contributed by atoms with Crippen LogP contribution in [0.1, 0.15) is 17.3 Å². The molecule has 0 saturated heterocycles. The fourth-order valence-electron chi connectivity index (χ4n) is 2.51. The van der Waals surface area contributed by atoms with E-state index >= 15 is 0 Å². The first-order chi connectivity index (χ1) is 11.3. The normalized spacial score (nSPS) is 10.5. The average Bonchev–Trinajstić information content (AvgIpc) is 2.61. The Hall–Kier alpha value is -2.95. The van der Waals surface area contributed by atoms with Crippen LogP contribution in [-0.4, -0.2) is 29.7 Å². The first-order valence-corrected chi connectivity index (χ1v) is 7.30. The van der Waals surface area contributed by atoms with Gasteiger partial charge in [-0.2, -0.15) is 0 Å². The number of hydrogen-bond acceptors (Lipinski definition) is 5. The fraction of sp³-hybridized carbons (Fsp3) is 0.167. The molecule has 0 aliphatic rings. The molecule has 0 N–H and O–H groups in total. The van der Waals surface area contributed by atoms with Crippen LogP contribution in [0.3, 0.4) is 0 Å². The second-order valence-corrected chi connectivity index (χ2v) is 4.84. The molecule has 2 aromatic heterocycles.